The Kier molecular flexibility index (Phi) is 1.48. The van der Waals surface area contributed by atoms with E-state index in [1.807, 2.05) is 30.4 Å². The van der Waals surface area contributed by atoms with Gasteiger partial charge in [0.05, 0.1) is 5.56 Å². The van der Waals surface area contributed by atoms with Crippen molar-refractivity contribution < 1.29 is 9.90 Å². The fourth-order valence-electron chi connectivity index (χ4n) is 2.06. The van der Waals surface area contributed by atoms with Crippen LogP contribution in [0.25, 0.3) is 22.9 Å². The van der Waals surface area contributed by atoms with Crippen LogP contribution in [-0.4, -0.2) is 11.1 Å². The molecule has 1 aliphatic carbocycles. The summed E-state index contributed by atoms with van der Waals surface area (Å²) < 4.78 is 0. The van der Waals surface area contributed by atoms with Crippen molar-refractivity contribution in [3.05, 3.63) is 47.0 Å². The van der Waals surface area contributed by atoms with Crippen LogP contribution in [0.2, 0.25) is 0 Å². The lowest BCUT2D eigenvalue weighted by Crippen LogP contribution is -1.96. The first kappa shape index (κ1) is 8.24. The fraction of sp³-hybridized carbons (Fsp3) is 0. The normalized spacial score (nSPS) is 12.3. The summed E-state index contributed by atoms with van der Waals surface area (Å²) in [5, 5.41) is 11.1. The molecule has 0 fully saturated rings. The van der Waals surface area contributed by atoms with E-state index < -0.39 is 5.97 Å². The zero-order valence-electron chi connectivity index (χ0n) is 7.90. The van der Waals surface area contributed by atoms with Crippen LogP contribution in [0.5, 0.6) is 0 Å². The summed E-state index contributed by atoms with van der Waals surface area (Å²) in [5.41, 5.74) is 2.51. The van der Waals surface area contributed by atoms with Crippen LogP contribution in [-0.2, 0) is 0 Å². The number of aromatic carboxylic acids is 1. The Labute approximate surface area is 86.5 Å². The molecule has 0 saturated carbocycles. The maximum atomic E-state index is 10.9. The Morgan fingerprint density at radius 3 is 2.67 bits per heavy atom. The Balaban J connectivity index is 2.45. The molecular formula is C13H8O2. The average molecular weight is 196 g/mol. The molecule has 0 amide bonds. The molecule has 1 aliphatic rings. The molecule has 0 heterocycles. The molecule has 2 nitrogen and oxygen atoms in total. The van der Waals surface area contributed by atoms with Gasteiger partial charge in [0.25, 0.3) is 0 Å². The predicted molar refractivity (Wildman–Crippen MR) is 59.8 cm³/mol. The van der Waals surface area contributed by atoms with Crippen LogP contribution in [0.15, 0.2) is 30.3 Å². The number of carboxylic acid groups (broad SMARTS) is 1. The van der Waals surface area contributed by atoms with Gasteiger partial charge in [-0.15, -0.1) is 0 Å². The number of rotatable bonds is 1. The third-order valence-corrected chi connectivity index (χ3v) is 2.73. The van der Waals surface area contributed by atoms with Gasteiger partial charge < -0.3 is 5.11 Å². The first-order chi connectivity index (χ1) is 7.25. The summed E-state index contributed by atoms with van der Waals surface area (Å²) in [7, 11) is 0. The van der Waals surface area contributed by atoms with E-state index in [1.54, 1.807) is 12.1 Å². The molecule has 0 radical (unpaired) electrons. The van der Waals surface area contributed by atoms with Crippen molar-refractivity contribution in [3.8, 4) is 0 Å². The largest absolute Gasteiger partial charge is 0.478 e. The van der Waals surface area contributed by atoms with Gasteiger partial charge >= 0.3 is 5.97 Å². The lowest BCUT2D eigenvalue weighted by Gasteiger charge is -2.03. The Bertz CT molecular complexity index is 609. The van der Waals surface area contributed by atoms with Crippen LogP contribution >= 0.6 is 0 Å². The second-order valence-electron chi connectivity index (χ2n) is 3.65. The molecule has 1 N–H and O–H groups in total. The zero-order chi connectivity index (χ0) is 10.4. The standard InChI is InChI=1S/C13H8O2/c14-13(15)11-6-9-3-1-2-8-4-5-10(7-11)12(8)9/h1-7H,(H,14,15). The molecule has 2 aromatic carbocycles. The van der Waals surface area contributed by atoms with Gasteiger partial charge in [0, 0.05) is 0 Å². The van der Waals surface area contributed by atoms with E-state index in [9.17, 15) is 4.79 Å². The minimum atomic E-state index is -0.876. The molecule has 2 heteroatoms. The number of carbonyl (C=O) groups is 1. The minimum Gasteiger partial charge on any atom is -0.478 e. The van der Waals surface area contributed by atoms with Crippen LogP contribution < -0.4 is 0 Å². The lowest BCUT2D eigenvalue weighted by atomic mass is 10.0. The summed E-state index contributed by atoms with van der Waals surface area (Å²) in [4.78, 5) is 10.9. The second kappa shape index (κ2) is 2.70. The van der Waals surface area contributed by atoms with Gasteiger partial charge in [0.1, 0.15) is 0 Å². The number of carboxylic acids is 1. The Hall–Kier alpha value is -2.09. The van der Waals surface area contributed by atoms with Crippen LogP contribution in [0, 0.1) is 0 Å². The highest BCUT2D eigenvalue weighted by atomic mass is 16.4. The van der Waals surface area contributed by atoms with Crippen LogP contribution in [0.4, 0.5) is 0 Å². The second-order valence-corrected chi connectivity index (χ2v) is 3.65. The fourth-order valence-corrected chi connectivity index (χ4v) is 2.06. The highest BCUT2D eigenvalue weighted by molar-refractivity contribution is 6.07. The molecule has 0 atom stereocenters. The quantitative estimate of drug-likeness (QED) is 0.649. The molecule has 3 rings (SSSR count). The van der Waals surface area contributed by atoms with Crippen molar-refractivity contribution in [2.75, 3.05) is 0 Å². The molecule has 0 unspecified atom stereocenters. The van der Waals surface area contributed by atoms with E-state index in [0.717, 1.165) is 16.3 Å². The first-order valence-corrected chi connectivity index (χ1v) is 4.74. The molecule has 0 saturated heterocycles. The number of benzene rings is 2. The molecular weight excluding hydrogens is 188 g/mol. The van der Waals surface area contributed by atoms with Gasteiger partial charge in [-0.1, -0.05) is 30.4 Å². The van der Waals surface area contributed by atoms with Crippen molar-refractivity contribution in [1.29, 1.82) is 0 Å². The summed E-state index contributed by atoms with van der Waals surface area (Å²) in [6.45, 7) is 0. The lowest BCUT2D eigenvalue weighted by molar-refractivity contribution is 0.0697. The maximum Gasteiger partial charge on any atom is 0.335 e. The van der Waals surface area contributed by atoms with E-state index in [2.05, 4.69) is 0 Å². The van der Waals surface area contributed by atoms with E-state index in [0.29, 0.717) is 5.56 Å². The van der Waals surface area contributed by atoms with Gasteiger partial charge in [0.15, 0.2) is 0 Å². The smallest absolute Gasteiger partial charge is 0.335 e. The van der Waals surface area contributed by atoms with E-state index in [-0.39, 0.29) is 0 Å². The van der Waals surface area contributed by atoms with Crippen LogP contribution in [0.1, 0.15) is 21.5 Å². The van der Waals surface area contributed by atoms with E-state index in [4.69, 9.17) is 5.11 Å². The highest BCUT2D eigenvalue weighted by Gasteiger charge is 2.12. The SMILES string of the molecule is O=C(O)c1cc2c3c(cccc3c1)C=C2. The van der Waals surface area contributed by atoms with Crippen molar-refractivity contribution >= 4 is 28.9 Å². The predicted octanol–water partition coefficient (Wildman–Crippen LogP) is 3.02. The van der Waals surface area contributed by atoms with Gasteiger partial charge in [0.2, 0.25) is 0 Å². The molecule has 15 heavy (non-hydrogen) atoms. The third-order valence-electron chi connectivity index (χ3n) is 2.73. The molecule has 0 bridgehead atoms. The number of hydrogen-bond acceptors (Lipinski definition) is 1. The Morgan fingerprint density at radius 2 is 1.87 bits per heavy atom. The molecule has 2 aromatic rings. The van der Waals surface area contributed by atoms with Gasteiger partial charge in [-0.3, -0.25) is 0 Å². The van der Waals surface area contributed by atoms with Gasteiger partial charge in [-0.05, 0) is 34.0 Å². The summed E-state index contributed by atoms with van der Waals surface area (Å²) in [6, 6.07) is 9.37. The molecule has 72 valence electrons. The Morgan fingerprint density at radius 1 is 1.07 bits per heavy atom. The van der Waals surface area contributed by atoms with Crippen LogP contribution in [0.3, 0.4) is 0 Å². The molecule has 0 aliphatic heterocycles. The molecule has 0 aromatic heterocycles. The number of hydrogen-bond donors (Lipinski definition) is 1. The topological polar surface area (TPSA) is 37.3 Å². The van der Waals surface area contributed by atoms with Crippen molar-refractivity contribution in [1.82, 2.24) is 0 Å². The summed E-state index contributed by atoms with van der Waals surface area (Å²) >= 11 is 0. The monoisotopic (exact) mass is 196 g/mol. The average Bonchev–Trinajstić information content (AvgIpc) is 2.64. The third kappa shape index (κ3) is 1.08. The first-order valence-electron chi connectivity index (χ1n) is 4.74. The minimum absolute atomic E-state index is 0.348. The zero-order valence-corrected chi connectivity index (χ0v) is 7.90. The van der Waals surface area contributed by atoms with Gasteiger partial charge in [-0.2, -0.15) is 0 Å². The van der Waals surface area contributed by atoms with Crippen molar-refractivity contribution in [3.63, 3.8) is 0 Å². The van der Waals surface area contributed by atoms with Gasteiger partial charge in [-0.25, -0.2) is 4.79 Å². The summed E-state index contributed by atoms with van der Waals surface area (Å²) in [6.07, 6.45) is 3.98. The van der Waals surface area contributed by atoms with Crippen molar-refractivity contribution in [2.45, 2.75) is 0 Å². The van der Waals surface area contributed by atoms with Crippen molar-refractivity contribution in [2.24, 2.45) is 0 Å². The molecule has 0 spiro atoms. The van der Waals surface area contributed by atoms with E-state index >= 15 is 0 Å². The van der Waals surface area contributed by atoms with E-state index in [1.165, 1.54) is 5.56 Å². The summed E-state index contributed by atoms with van der Waals surface area (Å²) in [5.74, 6) is -0.876. The highest BCUT2D eigenvalue weighted by Crippen LogP contribution is 2.32. The maximum absolute atomic E-state index is 10.9.